The normalized spacial score (nSPS) is 24.4. The van der Waals surface area contributed by atoms with E-state index in [9.17, 15) is 8.66 Å². The van der Waals surface area contributed by atoms with Crippen LogP contribution < -0.4 is 9.37 Å². The Kier molecular flexibility index (Phi) is 7.91. The minimum atomic E-state index is -2.17. The molecule has 3 heterocycles. The number of H-pyrrole nitrogens is 1. The van der Waals surface area contributed by atoms with Crippen molar-refractivity contribution in [2.45, 2.75) is 46.6 Å². The van der Waals surface area contributed by atoms with E-state index in [1.165, 1.54) is 4.52 Å². The van der Waals surface area contributed by atoms with Gasteiger partial charge in [-0.05, 0) is 0 Å². The molecule has 1 N–H and O–H groups in total. The molecule has 1 aliphatic carbocycles. The predicted octanol–water partition coefficient (Wildman–Crippen LogP) is 4.26. The number of esters is 1. The van der Waals surface area contributed by atoms with Gasteiger partial charge in [0.25, 0.3) is 0 Å². The summed E-state index contributed by atoms with van der Waals surface area (Å²) in [5, 5.41) is 4.72. The van der Waals surface area contributed by atoms with Crippen LogP contribution >= 0.6 is 0 Å². The van der Waals surface area contributed by atoms with Gasteiger partial charge in [-0.25, -0.2) is 0 Å². The molecule has 211 valence electrons. The number of hydrogen-bond donors (Lipinski definition) is 1. The van der Waals surface area contributed by atoms with Gasteiger partial charge in [0.15, 0.2) is 0 Å². The molecule has 2 aliphatic rings. The molecular formula is C28H35CoN5O5. The number of carbonyl (C=O) groups excluding carboxylic acids is 1. The summed E-state index contributed by atoms with van der Waals surface area (Å²) in [6.07, 6.45) is 1.69. The second-order valence-corrected chi connectivity index (χ2v) is 12.4. The van der Waals surface area contributed by atoms with E-state index in [2.05, 4.69) is 30.6 Å². The Morgan fingerprint density at radius 2 is 1.90 bits per heavy atom. The number of fused-ring (bicyclic) bond motifs is 1. The van der Waals surface area contributed by atoms with Gasteiger partial charge in [0, 0.05) is 0 Å². The molecule has 2 aromatic heterocycles. The first-order chi connectivity index (χ1) is 18.7. The van der Waals surface area contributed by atoms with Crippen LogP contribution in [0.2, 0.25) is 0 Å². The van der Waals surface area contributed by atoms with Crippen LogP contribution in [0, 0.1) is 31.2 Å². The number of hydrogen-bond acceptors (Lipinski definition) is 6. The third kappa shape index (κ3) is 5.14. The van der Waals surface area contributed by atoms with Gasteiger partial charge >= 0.3 is 233 Å². The molecule has 0 amide bonds. The summed E-state index contributed by atoms with van der Waals surface area (Å²) in [7, 11) is 1.62. The van der Waals surface area contributed by atoms with Crippen LogP contribution in [-0.4, -0.2) is 64.0 Å². The molecule has 10 nitrogen and oxygen atoms in total. The zero-order valence-corrected chi connectivity index (χ0v) is 24.0. The maximum absolute atomic E-state index is 13.9. The Labute approximate surface area is 232 Å². The van der Waals surface area contributed by atoms with Gasteiger partial charge in [0.05, 0.1) is 0 Å². The van der Waals surface area contributed by atoms with Gasteiger partial charge < -0.3 is 0 Å². The van der Waals surface area contributed by atoms with Crippen molar-refractivity contribution in [3.05, 3.63) is 40.7 Å². The van der Waals surface area contributed by atoms with Crippen molar-refractivity contribution in [2.24, 2.45) is 17.8 Å². The van der Waals surface area contributed by atoms with E-state index in [1.807, 2.05) is 25.1 Å². The number of nitrogens with one attached hydrogen (secondary N) is 1. The molecular weight excluding hydrogens is 545 g/mol. The molecule has 5 rings (SSSR count). The fourth-order valence-corrected chi connectivity index (χ4v) is 7.59. The quantitative estimate of drug-likeness (QED) is 0.343. The van der Waals surface area contributed by atoms with Gasteiger partial charge in [0.1, 0.15) is 0 Å². The molecule has 0 spiro atoms. The first-order valence-corrected chi connectivity index (χ1v) is 14.7. The van der Waals surface area contributed by atoms with E-state index in [-0.39, 0.29) is 33.8 Å². The fourth-order valence-electron chi connectivity index (χ4n) is 5.91. The monoisotopic (exact) mass is 580 g/mol. The summed E-state index contributed by atoms with van der Waals surface area (Å²) in [6, 6.07) is 5.65. The predicted molar refractivity (Wildman–Crippen MR) is 141 cm³/mol. The molecule has 2 atom stereocenters. The van der Waals surface area contributed by atoms with E-state index < -0.39 is 19.8 Å². The number of methoxy groups -OCH3 is 1. The summed E-state index contributed by atoms with van der Waals surface area (Å²) >= 11 is -2.17. The zero-order valence-electron chi connectivity index (χ0n) is 22.9. The van der Waals surface area contributed by atoms with Crippen molar-refractivity contribution in [3.8, 4) is 17.1 Å². The number of carbonyl (C=O) groups is 1. The molecule has 11 heteroatoms. The van der Waals surface area contributed by atoms with Crippen LogP contribution in [-0.2, 0) is 27.1 Å². The topological polar surface area (TPSA) is 103 Å². The third-order valence-corrected chi connectivity index (χ3v) is 9.60. The summed E-state index contributed by atoms with van der Waals surface area (Å²) in [5.41, 5.74) is 2.11. The molecule has 1 aliphatic heterocycles. The third-order valence-electron chi connectivity index (χ3n) is 7.64. The molecule has 0 radical (unpaired) electrons. The van der Waals surface area contributed by atoms with Crippen molar-refractivity contribution < 1.29 is 36.7 Å². The number of rotatable bonds is 6. The standard InChI is InChI=1S/C24H27N4O3.C4H8NO.Co.O/c1-13-9-15(3)21(16(4)10-13)31-24(29)20-18(25-5)12-28-23(20)26-22(27-28)17-7-8-19(30-6)14(2)11-17;1-3-6-4-2-5-1;;/h7-8,11,13,15-16,21H,9-10H2,1-4,6H3,(H,26,27);1-4H2;;/q;-1;+1;. The average Bonchev–Trinajstić information content (AvgIpc) is 3.47. The molecule has 1 saturated carbocycles. The molecule has 39 heavy (non-hydrogen) atoms. The first kappa shape index (κ1) is 27.5. The second-order valence-electron chi connectivity index (χ2n) is 10.6. The van der Waals surface area contributed by atoms with E-state index in [4.69, 9.17) is 25.9 Å². The summed E-state index contributed by atoms with van der Waals surface area (Å²) < 4.78 is 34.3. The first-order valence-electron chi connectivity index (χ1n) is 13.3. The van der Waals surface area contributed by atoms with Crippen molar-refractivity contribution in [2.75, 3.05) is 33.4 Å². The van der Waals surface area contributed by atoms with Gasteiger partial charge in [-0.3, -0.25) is 0 Å². The van der Waals surface area contributed by atoms with E-state index in [0.717, 1.165) is 29.7 Å². The van der Waals surface area contributed by atoms with Crippen LogP contribution in [0.5, 0.6) is 5.75 Å². The van der Waals surface area contributed by atoms with Gasteiger partial charge in [-0.1, -0.05) is 0 Å². The minimum absolute atomic E-state index is 0.0205. The Morgan fingerprint density at radius 1 is 1.21 bits per heavy atom. The van der Waals surface area contributed by atoms with Crippen LogP contribution in [0.4, 0.5) is 5.69 Å². The zero-order chi connectivity index (χ0) is 27.8. The second kappa shape index (κ2) is 11.2. The van der Waals surface area contributed by atoms with Crippen LogP contribution in [0.1, 0.15) is 49.5 Å². The molecule has 3 aromatic rings. The van der Waals surface area contributed by atoms with Crippen molar-refractivity contribution >= 4 is 21.9 Å². The van der Waals surface area contributed by atoms with E-state index in [0.29, 0.717) is 43.7 Å². The molecule has 1 saturated heterocycles. The van der Waals surface area contributed by atoms with E-state index in [1.54, 1.807) is 11.1 Å². The number of morpholine rings is 1. The Morgan fingerprint density at radius 3 is 2.51 bits per heavy atom. The summed E-state index contributed by atoms with van der Waals surface area (Å²) in [6.45, 7) is 18.2. The molecule has 0 bridgehead atoms. The summed E-state index contributed by atoms with van der Waals surface area (Å²) in [4.78, 5) is 20.8. The number of benzene rings is 1. The Bertz CT molecular complexity index is 1440. The summed E-state index contributed by atoms with van der Waals surface area (Å²) in [5.74, 6) is 1.61. The number of aryl methyl sites for hydroxylation is 1. The van der Waals surface area contributed by atoms with Gasteiger partial charge in [-0.2, -0.15) is 0 Å². The van der Waals surface area contributed by atoms with Crippen LogP contribution in [0.25, 0.3) is 21.9 Å². The molecule has 2 fully saturated rings. The number of aromatic amines is 1. The van der Waals surface area contributed by atoms with Crippen molar-refractivity contribution in [1.29, 1.82) is 0 Å². The fraction of sp³-hybridized carbons (Fsp3) is 0.536. The van der Waals surface area contributed by atoms with Crippen molar-refractivity contribution in [3.63, 3.8) is 0 Å². The van der Waals surface area contributed by atoms with Gasteiger partial charge in [-0.15, -0.1) is 0 Å². The Hall–Kier alpha value is -3.04. The van der Waals surface area contributed by atoms with Crippen LogP contribution in [0.15, 0.2) is 18.2 Å². The molecule has 2 unspecified atom stereocenters. The SMILES string of the molecule is [C-]#[N+]c1c(C(=O)OC2C(C)CC(C)CC2C)c2[nH]c(-c3ccc(OC)c(C)c3)nn2[c]1[Co](=[O])[N]1CCOCC1. The average molecular weight is 581 g/mol. The number of aromatic nitrogens is 3. The van der Waals surface area contributed by atoms with E-state index >= 15 is 0 Å². The van der Waals surface area contributed by atoms with Crippen LogP contribution in [0.3, 0.4) is 0 Å². The maximum atomic E-state index is 13.9. The number of nitrogens with zero attached hydrogens (tertiary/aromatic N) is 4. The molecule has 1 aromatic carbocycles. The van der Waals surface area contributed by atoms with Gasteiger partial charge in [0.2, 0.25) is 0 Å². The Balaban J connectivity index is 1.62. The number of ether oxygens (including phenoxy) is 3. The van der Waals surface area contributed by atoms with Crippen molar-refractivity contribution in [1.82, 2.24) is 18.5 Å².